The fourth-order valence-corrected chi connectivity index (χ4v) is 1.60. The number of hydrogen-bond acceptors (Lipinski definition) is 3. The number of hydrogen-bond donors (Lipinski definition) is 3. The predicted molar refractivity (Wildman–Crippen MR) is 70.0 cm³/mol. The predicted octanol–water partition coefficient (Wildman–Crippen LogP) is 0.927. The van der Waals surface area contributed by atoms with E-state index in [1.54, 1.807) is 25.2 Å². The van der Waals surface area contributed by atoms with Gasteiger partial charge in [0, 0.05) is 18.6 Å². The van der Waals surface area contributed by atoms with Crippen molar-refractivity contribution in [2.75, 3.05) is 13.6 Å². The number of aliphatic hydroxyl groups excluding tert-OH is 1. The summed E-state index contributed by atoms with van der Waals surface area (Å²) >= 11 is 5.83. The number of halogens is 1. The minimum Gasteiger partial charge on any atom is -0.479 e. The van der Waals surface area contributed by atoms with Crippen molar-refractivity contribution in [3.63, 3.8) is 0 Å². The lowest BCUT2D eigenvalue weighted by Gasteiger charge is -2.18. The molecular formula is C12H15ClN2O4. The molecule has 0 aliphatic carbocycles. The first-order valence-corrected chi connectivity index (χ1v) is 5.92. The van der Waals surface area contributed by atoms with Crippen LogP contribution in [0.15, 0.2) is 24.3 Å². The van der Waals surface area contributed by atoms with Crippen LogP contribution in [0.3, 0.4) is 0 Å². The van der Waals surface area contributed by atoms with Gasteiger partial charge < -0.3 is 20.4 Å². The summed E-state index contributed by atoms with van der Waals surface area (Å²) in [4.78, 5) is 23.4. The second-order valence-electron chi connectivity index (χ2n) is 4.03. The fourth-order valence-electron chi connectivity index (χ4n) is 1.39. The molecule has 0 aliphatic heterocycles. The second kappa shape index (κ2) is 6.96. The number of carboxylic acid groups (broad SMARTS) is 1. The largest absolute Gasteiger partial charge is 0.479 e. The van der Waals surface area contributed by atoms with Gasteiger partial charge in [0.25, 0.3) is 0 Å². The molecule has 1 rings (SSSR count). The Morgan fingerprint density at radius 3 is 2.74 bits per heavy atom. The maximum Gasteiger partial charge on any atom is 0.334 e. The highest BCUT2D eigenvalue weighted by atomic mass is 35.5. The van der Waals surface area contributed by atoms with Gasteiger partial charge >= 0.3 is 12.0 Å². The molecule has 3 N–H and O–H groups in total. The molecule has 1 aromatic carbocycles. The zero-order valence-corrected chi connectivity index (χ0v) is 11.1. The quantitative estimate of drug-likeness (QED) is 0.751. The van der Waals surface area contributed by atoms with E-state index >= 15 is 0 Å². The van der Waals surface area contributed by atoms with E-state index in [1.807, 2.05) is 6.07 Å². The van der Waals surface area contributed by atoms with Gasteiger partial charge in [0.1, 0.15) is 0 Å². The van der Waals surface area contributed by atoms with E-state index in [0.29, 0.717) is 11.6 Å². The number of carboxylic acids is 1. The van der Waals surface area contributed by atoms with Crippen LogP contribution in [0.5, 0.6) is 0 Å². The molecule has 104 valence electrons. The number of urea groups is 1. The summed E-state index contributed by atoms with van der Waals surface area (Å²) in [6, 6.07) is 6.59. The van der Waals surface area contributed by atoms with Crippen molar-refractivity contribution in [3.05, 3.63) is 34.9 Å². The standard InChI is InChI=1S/C12H15ClN2O4/c1-15(7-8-3-2-4-9(13)5-8)12(19)14-6-10(16)11(17)18/h2-5,10,16H,6-7H2,1H3,(H,14,19)(H,17,18)/t10-/m0/s1. The van der Waals surface area contributed by atoms with Crippen LogP contribution in [0.25, 0.3) is 0 Å². The number of nitrogens with zero attached hydrogens (tertiary/aromatic N) is 1. The summed E-state index contributed by atoms with van der Waals surface area (Å²) in [5, 5.41) is 20.4. The summed E-state index contributed by atoms with van der Waals surface area (Å²) in [7, 11) is 1.56. The van der Waals surface area contributed by atoms with Crippen molar-refractivity contribution in [1.29, 1.82) is 0 Å². The number of rotatable bonds is 5. The van der Waals surface area contributed by atoms with E-state index in [9.17, 15) is 9.59 Å². The number of benzene rings is 1. The van der Waals surface area contributed by atoms with E-state index in [4.69, 9.17) is 21.8 Å². The van der Waals surface area contributed by atoms with Crippen LogP contribution in [-0.2, 0) is 11.3 Å². The van der Waals surface area contributed by atoms with Crippen molar-refractivity contribution >= 4 is 23.6 Å². The average Bonchev–Trinajstić information content (AvgIpc) is 2.35. The minimum atomic E-state index is -1.61. The van der Waals surface area contributed by atoms with E-state index in [0.717, 1.165) is 5.56 Å². The Morgan fingerprint density at radius 2 is 2.16 bits per heavy atom. The summed E-state index contributed by atoms with van der Waals surface area (Å²) in [5.74, 6) is -1.38. The molecule has 0 aromatic heterocycles. The lowest BCUT2D eigenvalue weighted by atomic mass is 10.2. The average molecular weight is 287 g/mol. The second-order valence-corrected chi connectivity index (χ2v) is 4.46. The number of aliphatic hydroxyl groups is 1. The molecule has 7 heteroatoms. The van der Waals surface area contributed by atoms with E-state index in [2.05, 4.69) is 5.32 Å². The highest BCUT2D eigenvalue weighted by Gasteiger charge is 2.16. The highest BCUT2D eigenvalue weighted by Crippen LogP contribution is 2.12. The van der Waals surface area contributed by atoms with Crippen LogP contribution < -0.4 is 5.32 Å². The third kappa shape index (κ3) is 5.15. The van der Waals surface area contributed by atoms with Crippen LogP contribution in [-0.4, -0.2) is 46.8 Å². The zero-order valence-electron chi connectivity index (χ0n) is 10.3. The Bertz CT molecular complexity index is 467. The summed E-state index contributed by atoms with van der Waals surface area (Å²) < 4.78 is 0. The van der Waals surface area contributed by atoms with Crippen LogP contribution in [0.2, 0.25) is 5.02 Å². The molecule has 6 nitrogen and oxygen atoms in total. The number of aliphatic carboxylic acids is 1. The molecule has 0 saturated heterocycles. The molecule has 0 heterocycles. The molecule has 0 bridgehead atoms. The first-order chi connectivity index (χ1) is 8.90. The van der Waals surface area contributed by atoms with Crippen molar-refractivity contribution < 1.29 is 19.8 Å². The molecule has 1 atom stereocenters. The third-order valence-corrected chi connectivity index (χ3v) is 2.62. The van der Waals surface area contributed by atoms with Gasteiger partial charge in [-0.1, -0.05) is 23.7 Å². The van der Waals surface area contributed by atoms with Crippen molar-refractivity contribution in [2.24, 2.45) is 0 Å². The molecule has 19 heavy (non-hydrogen) atoms. The third-order valence-electron chi connectivity index (χ3n) is 2.39. The van der Waals surface area contributed by atoms with E-state index < -0.39 is 18.1 Å². The number of nitrogens with one attached hydrogen (secondary N) is 1. The monoisotopic (exact) mass is 286 g/mol. The lowest BCUT2D eigenvalue weighted by molar-refractivity contribution is -0.146. The Labute approximate surface area is 115 Å². The highest BCUT2D eigenvalue weighted by molar-refractivity contribution is 6.30. The molecule has 0 radical (unpaired) electrons. The number of carbonyl (C=O) groups excluding carboxylic acids is 1. The Hall–Kier alpha value is -1.79. The van der Waals surface area contributed by atoms with Crippen LogP contribution in [0.1, 0.15) is 5.56 Å². The van der Waals surface area contributed by atoms with Gasteiger partial charge in [-0.05, 0) is 17.7 Å². The fraction of sp³-hybridized carbons (Fsp3) is 0.333. The van der Waals surface area contributed by atoms with Crippen LogP contribution in [0.4, 0.5) is 4.79 Å². The van der Waals surface area contributed by atoms with Crippen LogP contribution in [0, 0.1) is 0 Å². The summed E-state index contributed by atoms with van der Waals surface area (Å²) in [6.07, 6.45) is -1.61. The zero-order chi connectivity index (χ0) is 14.4. The van der Waals surface area contributed by atoms with Gasteiger partial charge in [0.15, 0.2) is 6.10 Å². The normalized spacial score (nSPS) is 11.7. The molecule has 0 aliphatic rings. The van der Waals surface area contributed by atoms with Gasteiger partial charge in [-0.25, -0.2) is 9.59 Å². The number of amides is 2. The van der Waals surface area contributed by atoms with Crippen molar-refractivity contribution in [3.8, 4) is 0 Å². The summed E-state index contributed by atoms with van der Waals surface area (Å²) in [6.45, 7) is -0.0103. The molecule has 0 spiro atoms. The van der Waals surface area contributed by atoms with Gasteiger partial charge in [-0.2, -0.15) is 0 Å². The molecule has 1 aromatic rings. The lowest BCUT2D eigenvalue weighted by Crippen LogP contribution is -2.42. The van der Waals surface area contributed by atoms with Crippen molar-refractivity contribution in [1.82, 2.24) is 10.2 Å². The van der Waals surface area contributed by atoms with Crippen LogP contribution >= 0.6 is 11.6 Å². The Morgan fingerprint density at radius 1 is 1.47 bits per heavy atom. The smallest absolute Gasteiger partial charge is 0.334 e. The summed E-state index contributed by atoms with van der Waals surface area (Å²) in [5.41, 5.74) is 0.851. The Balaban J connectivity index is 2.47. The van der Waals surface area contributed by atoms with Gasteiger partial charge in [-0.3, -0.25) is 0 Å². The maximum absolute atomic E-state index is 11.6. The van der Waals surface area contributed by atoms with Gasteiger partial charge in [0.05, 0.1) is 6.54 Å². The molecule has 0 fully saturated rings. The molecular weight excluding hydrogens is 272 g/mol. The van der Waals surface area contributed by atoms with Gasteiger partial charge in [0.2, 0.25) is 0 Å². The topological polar surface area (TPSA) is 89.9 Å². The van der Waals surface area contributed by atoms with Crippen molar-refractivity contribution in [2.45, 2.75) is 12.6 Å². The van der Waals surface area contributed by atoms with Gasteiger partial charge in [-0.15, -0.1) is 0 Å². The maximum atomic E-state index is 11.6. The number of carbonyl (C=O) groups is 2. The first-order valence-electron chi connectivity index (χ1n) is 5.54. The SMILES string of the molecule is CN(Cc1cccc(Cl)c1)C(=O)NC[C@H](O)C(=O)O. The molecule has 0 saturated carbocycles. The Kier molecular flexibility index (Phi) is 5.59. The minimum absolute atomic E-state index is 0.329. The first kappa shape index (κ1) is 15.3. The molecule has 0 unspecified atom stereocenters. The molecule has 2 amide bonds. The van der Waals surface area contributed by atoms with E-state index in [1.165, 1.54) is 4.90 Å². The van der Waals surface area contributed by atoms with E-state index in [-0.39, 0.29) is 6.54 Å².